The molecule has 2 aromatic rings. The minimum absolute atomic E-state index is 0.440. The second-order valence-electron chi connectivity index (χ2n) is 5.38. The SMILES string of the molecule is C=CCNC(=NCc1ccc(OCCOc2ccccc2)nc1)NCC. The molecule has 6 heteroatoms. The Hall–Kier alpha value is -3.02. The van der Waals surface area contributed by atoms with Crippen molar-refractivity contribution in [2.75, 3.05) is 26.3 Å². The van der Waals surface area contributed by atoms with Crippen LogP contribution in [0.15, 0.2) is 66.3 Å². The maximum atomic E-state index is 5.59. The Morgan fingerprint density at radius 3 is 2.62 bits per heavy atom. The van der Waals surface area contributed by atoms with Crippen molar-refractivity contribution >= 4 is 5.96 Å². The predicted molar refractivity (Wildman–Crippen MR) is 105 cm³/mol. The van der Waals surface area contributed by atoms with E-state index in [1.54, 1.807) is 12.3 Å². The normalized spacial score (nSPS) is 10.9. The molecule has 0 radical (unpaired) electrons. The second-order valence-corrected chi connectivity index (χ2v) is 5.38. The smallest absolute Gasteiger partial charge is 0.213 e. The third-order valence-electron chi connectivity index (χ3n) is 3.32. The molecule has 0 aliphatic carbocycles. The number of guanidine groups is 1. The number of para-hydroxylation sites is 1. The first-order chi connectivity index (χ1) is 12.8. The Morgan fingerprint density at radius 1 is 1.12 bits per heavy atom. The average Bonchev–Trinajstić information content (AvgIpc) is 2.69. The number of rotatable bonds is 10. The van der Waals surface area contributed by atoms with E-state index >= 15 is 0 Å². The van der Waals surface area contributed by atoms with Gasteiger partial charge >= 0.3 is 0 Å². The predicted octanol–water partition coefficient (Wildman–Crippen LogP) is 2.78. The number of hydrogen-bond donors (Lipinski definition) is 2. The van der Waals surface area contributed by atoms with Gasteiger partial charge in [0.05, 0.1) is 6.54 Å². The van der Waals surface area contributed by atoms with Crippen molar-refractivity contribution in [3.8, 4) is 11.6 Å². The highest BCUT2D eigenvalue weighted by Crippen LogP contribution is 2.10. The number of benzene rings is 1. The van der Waals surface area contributed by atoms with Crippen molar-refractivity contribution in [2.24, 2.45) is 4.99 Å². The van der Waals surface area contributed by atoms with Crippen LogP contribution in [0, 0.1) is 0 Å². The second kappa shape index (κ2) is 11.5. The third-order valence-corrected chi connectivity index (χ3v) is 3.32. The van der Waals surface area contributed by atoms with Crippen LogP contribution in [0.1, 0.15) is 12.5 Å². The van der Waals surface area contributed by atoms with Crippen LogP contribution in [-0.4, -0.2) is 37.2 Å². The van der Waals surface area contributed by atoms with Gasteiger partial charge in [0, 0.05) is 25.4 Å². The fourth-order valence-corrected chi connectivity index (χ4v) is 2.09. The lowest BCUT2D eigenvalue weighted by molar-refractivity contribution is 0.212. The van der Waals surface area contributed by atoms with Crippen molar-refractivity contribution in [1.82, 2.24) is 15.6 Å². The number of nitrogens with one attached hydrogen (secondary N) is 2. The van der Waals surface area contributed by atoms with E-state index in [0.717, 1.165) is 23.8 Å². The summed E-state index contributed by atoms with van der Waals surface area (Å²) in [4.78, 5) is 8.81. The summed E-state index contributed by atoms with van der Waals surface area (Å²) in [6, 6.07) is 13.5. The summed E-state index contributed by atoms with van der Waals surface area (Å²) in [6.45, 7) is 8.64. The number of ether oxygens (including phenoxy) is 2. The van der Waals surface area contributed by atoms with E-state index in [1.165, 1.54) is 0 Å². The van der Waals surface area contributed by atoms with Crippen LogP contribution in [0.5, 0.6) is 11.6 Å². The molecule has 2 N–H and O–H groups in total. The topological polar surface area (TPSA) is 67.8 Å². The summed E-state index contributed by atoms with van der Waals surface area (Å²) in [5.41, 5.74) is 1.01. The van der Waals surface area contributed by atoms with Crippen molar-refractivity contribution in [1.29, 1.82) is 0 Å². The lowest BCUT2D eigenvalue weighted by Gasteiger charge is -2.10. The van der Waals surface area contributed by atoms with Gasteiger partial charge in [-0.25, -0.2) is 9.98 Å². The molecule has 0 bridgehead atoms. The summed E-state index contributed by atoms with van der Waals surface area (Å²) in [5.74, 6) is 2.16. The standard InChI is InChI=1S/C20H26N4O2/c1-3-12-22-20(21-4-2)24-16-17-10-11-19(23-15-17)26-14-13-25-18-8-6-5-7-9-18/h3,5-11,15H,1,4,12-14,16H2,2H3,(H2,21,22,24). The van der Waals surface area contributed by atoms with Crippen LogP contribution in [0.4, 0.5) is 0 Å². The van der Waals surface area contributed by atoms with E-state index < -0.39 is 0 Å². The van der Waals surface area contributed by atoms with Gasteiger partial charge in [-0.05, 0) is 24.6 Å². The number of hydrogen-bond acceptors (Lipinski definition) is 4. The van der Waals surface area contributed by atoms with Crippen LogP contribution in [0.3, 0.4) is 0 Å². The Kier molecular flexibility index (Phi) is 8.55. The van der Waals surface area contributed by atoms with Gasteiger partial charge in [-0.1, -0.05) is 30.3 Å². The summed E-state index contributed by atoms with van der Waals surface area (Å²) in [7, 11) is 0. The third kappa shape index (κ3) is 7.25. The largest absolute Gasteiger partial charge is 0.490 e. The quantitative estimate of drug-likeness (QED) is 0.297. The van der Waals surface area contributed by atoms with Crippen LogP contribution >= 0.6 is 0 Å². The zero-order valence-corrected chi connectivity index (χ0v) is 15.1. The van der Waals surface area contributed by atoms with Crippen LogP contribution in [0.2, 0.25) is 0 Å². The zero-order valence-electron chi connectivity index (χ0n) is 15.1. The molecule has 2 rings (SSSR count). The number of nitrogens with zero attached hydrogens (tertiary/aromatic N) is 2. The van der Waals surface area contributed by atoms with Gasteiger partial charge in [0.1, 0.15) is 19.0 Å². The molecule has 0 aliphatic rings. The van der Waals surface area contributed by atoms with E-state index in [0.29, 0.717) is 32.2 Å². The van der Waals surface area contributed by atoms with E-state index in [9.17, 15) is 0 Å². The van der Waals surface area contributed by atoms with Crippen molar-refractivity contribution < 1.29 is 9.47 Å². The Bertz CT molecular complexity index is 672. The molecule has 0 amide bonds. The van der Waals surface area contributed by atoms with Gasteiger partial charge in [0.25, 0.3) is 0 Å². The highest BCUT2D eigenvalue weighted by molar-refractivity contribution is 5.79. The first kappa shape index (κ1) is 19.3. The minimum atomic E-state index is 0.440. The molecule has 0 spiro atoms. The molecule has 1 aromatic carbocycles. The first-order valence-electron chi connectivity index (χ1n) is 8.70. The van der Waals surface area contributed by atoms with Gasteiger partial charge in [0.2, 0.25) is 5.88 Å². The van der Waals surface area contributed by atoms with Gasteiger partial charge in [-0.3, -0.25) is 0 Å². The van der Waals surface area contributed by atoms with E-state index in [-0.39, 0.29) is 0 Å². The van der Waals surface area contributed by atoms with Crippen molar-refractivity contribution in [3.63, 3.8) is 0 Å². The van der Waals surface area contributed by atoms with Crippen molar-refractivity contribution in [2.45, 2.75) is 13.5 Å². The van der Waals surface area contributed by atoms with Gasteiger partial charge in [-0.2, -0.15) is 0 Å². The van der Waals surface area contributed by atoms with Crippen molar-refractivity contribution in [3.05, 3.63) is 66.9 Å². The maximum Gasteiger partial charge on any atom is 0.213 e. The number of aromatic nitrogens is 1. The lowest BCUT2D eigenvalue weighted by Crippen LogP contribution is -2.37. The van der Waals surface area contributed by atoms with Gasteiger partial charge < -0.3 is 20.1 Å². The molecule has 138 valence electrons. The van der Waals surface area contributed by atoms with Gasteiger partial charge in [-0.15, -0.1) is 6.58 Å². The number of pyridine rings is 1. The molecule has 0 saturated carbocycles. The molecule has 0 saturated heterocycles. The average molecular weight is 354 g/mol. The van der Waals surface area contributed by atoms with E-state index in [1.807, 2.05) is 49.4 Å². The molecule has 6 nitrogen and oxygen atoms in total. The molecule has 0 unspecified atom stereocenters. The number of aliphatic imine (C=N–C) groups is 1. The molecule has 0 fully saturated rings. The first-order valence-corrected chi connectivity index (χ1v) is 8.70. The molecule has 1 aromatic heterocycles. The fraction of sp³-hybridized carbons (Fsp3) is 0.300. The molecule has 0 aliphatic heterocycles. The molecular weight excluding hydrogens is 328 g/mol. The molecule has 1 heterocycles. The van der Waals surface area contributed by atoms with E-state index in [2.05, 4.69) is 27.2 Å². The van der Waals surface area contributed by atoms with Crippen LogP contribution in [0.25, 0.3) is 0 Å². The van der Waals surface area contributed by atoms with E-state index in [4.69, 9.17) is 9.47 Å². The Morgan fingerprint density at radius 2 is 1.92 bits per heavy atom. The lowest BCUT2D eigenvalue weighted by atomic mass is 10.3. The fourth-order valence-electron chi connectivity index (χ4n) is 2.09. The molecule has 0 atom stereocenters. The zero-order chi connectivity index (χ0) is 18.5. The molecular formula is C20H26N4O2. The minimum Gasteiger partial charge on any atom is -0.490 e. The highest BCUT2D eigenvalue weighted by Gasteiger charge is 1.99. The summed E-state index contributed by atoms with van der Waals surface area (Å²) in [5, 5.41) is 6.34. The monoisotopic (exact) mass is 354 g/mol. The summed E-state index contributed by atoms with van der Waals surface area (Å²) < 4.78 is 11.2. The summed E-state index contributed by atoms with van der Waals surface area (Å²) in [6.07, 6.45) is 3.57. The maximum absolute atomic E-state index is 5.59. The van der Waals surface area contributed by atoms with Gasteiger partial charge in [0.15, 0.2) is 5.96 Å². The Labute approximate surface area is 155 Å². The summed E-state index contributed by atoms with van der Waals surface area (Å²) >= 11 is 0. The van der Waals surface area contributed by atoms with Crippen LogP contribution in [-0.2, 0) is 6.54 Å². The molecule has 26 heavy (non-hydrogen) atoms. The Balaban J connectivity index is 1.75. The van der Waals surface area contributed by atoms with Crippen LogP contribution < -0.4 is 20.1 Å². The highest BCUT2D eigenvalue weighted by atomic mass is 16.5.